The topological polar surface area (TPSA) is 122 Å². The highest BCUT2D eigenvalue weighted by Gasteiger charge is 2.08. The molecule has 0 heterocycles. The summed E-state index contributed by atoms with van der Waals surface area (Å²) in [6, 6.07) is 21.0. The number of hydrogen-bond acceptors (Lipinski definition) is 4. The summed E-state index contributed by atoms with van der Waals surface area (Å²) in [6.07, 6.45) is 0. The van der Waals surface area contributed by atoms with Crippen LogP contribution in [0, 0.1) is 0 Å². The number of benzene rings is 3. The molecule has 7 heteroatoms. The van der Waals surface area contributed by atoms with Crippen molar-refractivity contribution in [3.05, 3.63) is 89.5 Å². The fraction of sp³-hybridized carbons (Fsp3) is 0.0909. The van der Waals surface area contributed by atoms with Gasteiger partial charge in [-0.3, -0.25) is 4.79 Å². The highest BCUT2D eigenvalue weighted by atomic mass is 16.2. The standard InChI is InChI=1S/C22H23N5O2/c23-13-15-3-2-6-20(12-15)26-21(28)17-5-1-4-16(11-17)14-25-22(29)27-19-9-7-18(24)8-10-19/h1-12H,13-14,23-24H2,(H,26,28)(H2,25,27,29). The summed E-state index contributed by atoms with van der Waals surface area (Å²) >= 11 is 0. The van der Waals surface area contributed by atoms with Gasteiger partial charge in [0.05, 0.1) is 0 Å². The highest BCUT2D eigenvalue weighted by molar-refractivity contribution is 6.04. The van der Waals surface area contributed by atoms with Crippen LogP contribution in [-0.4, -0.2) is 11.9 Å². The molecule has 3 rings (SSSR count). The molecule has 0 saturated carbocycles. The van der Waals surface area contributed by atoms with Crippen molar-refractivity contribution in [1.29, 1.82) is 0 Å². The molecule has 0 aliphatic carbocycles. The third-order valence-corrected chi connectivity index (χ3v) is 4.23. The second-order valence-corrected chi connectivity index (χ2v) is 6.49. The Hall–Kier alpha value is -3.84. The zero-order valence-corrected chi connectivity index (χ0v) is 15.8. The van der Waals surface area contributed by atoms with Crippen LogP contribution in [0.4, 0.5) is 21.9 Å². The summed E-state index contributed by atoms with van der Waals surface area (Å²) in [4.78, 5) is 24.6. The van der Waals surface area contributed by atoms with E-state index in [-0.39, 0.29) is 18.5 Å². The van der Waals surface area contributed by atoms with Gasteiger partial charge in [-0.1, -0.05) is 24.3 Å². The number of urea groups is 1. The van der Waals surface area contributed by atoms with Crippen molar-refractivity contribution in [2.45, 2.75) is 13.1 Å². The van der Waals surface area contributed by atoms with E-state index in [0.29, 0.717) is 29.2 Å². The molecule has 3 aromatic carbocycles. The van der Waals surface area contributed by atoms with Crippen molar-refractivity contribution in [2.24, 2.45) is 5.73 Å². The Morgan fingerprint density at radius 3 is 2.28 bits per heavy atom. The lowest BCUT2D eigenvalue weighted by Crippen LogP contribution is -2.28. The third-order valence-electron chi connectivity index (χ3n) is 4.23. The molecule has 0 aliphatic rings. The molecule has 0 fully saturated rings. The minimum atomic E-state index is -0.344. The lowest BCUT2D eigenvalue weighted by atomic mass is 10.1. The number of hydrogen-bond donors (Lipinski definition) is 5. The van der Waals surface area contributed by atoms with E-state index >= 15 is 0 Å². The Bertz CT molecular complexity index is 1000. The van der Waals surface area contributed by atoms with Crippen LogP contribution >= 0.6 is 0 Å². The smallest absolute Gasteiger partial charge is 0.319 e. The minimum Gasteiger partial charge on any atom is -0.399 e. The molecule has 0 aliphatic heterocycles. The predicted octanol–water partition coefficient (Wildman–Crippen LogP) is 3.30. The largest absolute Gasteiger partial charge is 0.399 e. The van der Waals surface area contributed by atoms with Crippen LogP contribution in [0.15, 0.2) is 72.8 Å². The van der Waals surface area contributed by atoms with Gasteiger partial charge in [0.25, 0.3) is 5.91 Å². The molecular formula is C22H23N5O2. The van der Waals surface area contributed by atoms with Crippen molar-refractivity contribution in [3.63, 3.8) is 0 Å². The number of carbonyl (C=O) groups excluding carboxylic acids is 2. The van der Waals surface area contributed by atoms with E-state index in [1.54, 1.807) is 42.5 Å². The quantitative estimate of drug-likeness (QED) is 0.415. The molecule has 3 aromatic rings. The summed E-state index contributed by atoms with van der Waals surface area (Å²) in [6.45, 7) is 0.688. The number of nitrogens with two attached hydrogens (primary N) is 2. The van der Waals surface area contributed by atoms with Gasteiger partial charge in [-0.15, -0.1) is 0 Å². The summed E-state index contributed by atoms with van der Waals surface area (Å²) in [5.74, 6) is -0.229. The summed E-state index contributed by atoms with van der Waals surface area (Å²) in [5, 5.41) is 8.35. The maximum Gasteiger partial charge on any atom is 0.319 e. The van der Waals surface area contributed by atoms with Crippen LogP contribution in [-0.2, 0) is 13.1 Å². The van der Waals surface area contributed by atoms with E-state index in [4.69, 9.17) is 11.5 Å². The highest BCUT2D eigenvalue weighted by Crippen LogP contribution is 2.13. The van der Waals surface area contributed by atoms with E-state index in [1.165, 1.54) is 0 Å². The zero-order valence-electron chi connectivity index (χ0n) is 15.8. The Labute approximate surface area is 169 Å². The average Bonchev–Trinajstić information content (AvgIpc) is 2.74. The monoisotopic (exact) mass is 389 g/mol. The molecular weight excluding hydrogens is 366 g/mol. The van der Waals surface area contributed by atoms with Gasteiger partial charge < -0.3 is 27.4 Å². The fourth-order valence-electron chi connectivity index (χ4n) is 2.73. The molecule has 0 atom stereocenters. The predicted molar refractivity (Wildman–Crippen MR) is 115 cm³/mol. The van der Waals surface area contributed by atoms with Gasteiger partial charge in [-0.25, -0.2) is 4.79 Å². The van der Waals surface area contributed by atoms with Gasteiger partial charge in [0.15, 0.2) is 0 Å². The lowest BCUT2D eigenvalue weighted by Gasteiger charge is -2.10. The number of nitrogen functional groups attached to an aromatic ring is 1. The van der Waals surface area contributed by atoms with Crippen LogP contribution in [0.3, 0.4) is 0 Å². The number of carbonyl (C=O) groups is 2. The van der Waals surface area contributed by atoms with Gasteiger partial charge in [0.2, 0.25) is 0 Å². The average molecular weight is 389 g/mol. The molecule has 7 N–H and O–H groups in total. The number of amides is 3. The van der Waals surface area contributed by atoms with E-state index < -0.39 is 0 Å². The van der Waals surface area contributed by atoms with Crippen molar-refractivity contribution < 1.29 is 9.59 Å². The molecule has 0 spiro atoms. The van der Waals surface area contributed by atoms with Gasteiger partial charge >= 0.3 is 6.03 Å². The molecule has 7 nitrogen and oxygen atoms in total. The summed E-state index contributed by atoms with van der Waals surface area (Å²) in [5.41, 5.74) is 15.5. The Kier molecular flexibility index (Phi) is 6.44. The maximum atomic E-state index is 12.5. The van der Waals surface area contributed by atoms with Crippen LogP contribution < -0.4 is 27.4 Å². The van der Waals surface area contributed by atoms with Gasteiger partial charge in [-0.2, -0.15) is 0 Å². The first-order chi connectivity index (χ1) is 14.0. The number of anilines is 3. The van der Waals surface area contributed by atoms with Crippen LogP contribution in [0.1, 0.15) is 21.5 Å². The van der Waals surface area contributed by atoms with Gasteiger partial charge in [0, 0.05) is 35.7 Å². The normalized spacial score (nSPS) is 10.2. The Morgan fingerprint density at radius 2 is 1.52 bits per heavy atom. The van der Waals surface area contributed by atoms with Gasteiger partial charge in [-0.05, 0) is 59.7 Å². The van der Waals surface area contributed by atoms with Crippen molar-refractivity contribution >= 4 is 29.0 Å². The van der Waals surface area contributed by atoms with Crippen molar-refractivity contribution in [1.82, 2.24) is 5.32 Å². The SMILES string of the molecule is NCc1cccc(NC(=O)c2cccc(CNC(=O)Nc3ccc(N)cc3)c2)c1. The van der Waals surface area contributed by atoms with Crippen molar-refractivity contribution in [3.8, 4) is 0 Å². The molecule has 0 unspecified atom stereocenters. The minimum absolute atomic E-state index is 0.229. The van der Waals surface area contributed by atoms with E-state index in [0.717, 1.165) is 11.1 Å². The number of nitrogens with one attached hydrogen (secondary N) is 3. The molecule has 3 amide bonds. The second kappa shape index (κ2) is 9.38. The first kappa shape index (κ1) is 19.9. The zero-order chi connectivity index (χ0) is 20.6. The third kappa shape index (κ3) is 5.82. The van der Waals surface area contributed by atoms with Gasteiger partial charge in [0.1, 0.15) is 0 Å². The van der Waals surface area contributed by atoms with Crippen LogP contribution in [0.5, 0.6) is 0 Å². The molecule has 0 bridgehead atoms. The first-order valence-corrected chi connectivity index (χ1v) is 9.13. The number of rotatable bonds is 6. The molecule has 0 aromatic heterocycles. The molecule has 29 heavy (non-hydrogen) atoms. The van der Waals surface area contributed by atoms with E-state index in [9.17, 15) is 9.59 Å². The van der Waals surface area contributed by atoms with Crippen LogP contribution in [0.25, 0.3) is 0 Å². The van der Waals surface area contributed by atoms with Crippen molar-refractivity contribution in [2.75, 3.05) is 16.4 Å². The fourth-order valence-corrected chi connectivity index (χ4v) is 2.73. The molecule has 0 saturated heterocycles. The first-order valence-electron chi connectivity index (χ1n) is 9.13. The van der Waals surface area contributed by atoms with E-state index in [1.807, 2.05) is 30.3 Å². The van der Waals surface area contributed by atoms with Crippen LogP contribution in [0.2, 0.25) is 0 Å². The second-order valence-electron chi connectivity index (χ2n) is 6.49. The summed E-state index contributed by atoms with van der Waals surface area (Å²) < 4.78 is 0. The maximum absolute atomic E-state index is 12.5. The molecule has 148 valence electrons. The van der Waals surface area contributed by atoms with E-state index in [2.05, 4.69) is 16.0 Å². The summed E-state index contributed by atoms with van der Waals surface area (Å²) in [7, 11) is 0. The Balaban J connectivity index is 1.57. The molecule has 0 radical (unpaired) electrons. The Morgan fingerprint density at radius 1 is 0.793 bits per heavy atom. The lowest BCUT2D eigenvalue weighted by molar-refractivity contribution is 0.102.